The minimum absolute atomic E-state index is 0.0301. The molecule has 0 spiro atoms. The molecule has 1 saturated heterocycles. The van der Waals surface area contributed by atoms with Crippen molar-refractivity contribution in [1.82, 2.24) is 15.5 Å². The van der Waals surface area contributed by atoms with Gasteiger partial charge < -0.3 is 31.5 Å². The molecule has 0 bridgehead atoms. The number of phenols is 1. The molecule has 3 atom stereocenters. The maximum Gasteiger partial charge on any atom is 0.254 e. The van der Waals surface area contributed by atoms with Gasteiger partial charge in [-0.3, -0.25) is 14.4 Å². The van der Waals surface area contributed by atoms with Crippen LogP contribution < -0.4 is 16.4 Å². The minimum Gasteiger partial charge on any atom is -0.508 e. The van der Waals surface area contributed by atoms with Crippen LogP contribution in [-0.4, -0.2) is 61.6 Å². The highest BCUT2D eigenvalue weighted by atomic mass is 32.2. The summed E-state index contributed by atoms with van der Waals surface area (Å²) in [5, 5.41) is 27.3. The summed E-state index contributed by atoms with van der Waals surface area (Å²) in [5.74, 6) is -1.35. The number of carbonyl (C=O) groups excluding carboxylic acids is 3. The number of carbonyl (C=O) groups is 3. The third-order valence-electron chi connectivity index (χ3n) is 7.82. The first-order valence-electron chi connectivity index (χ1n) is 13.8. The van der Waals surface area contributed by atoms with Crippen LogP contribution in [-0.2, 0) is 22.6 Å². The maximum absolute atomic E-state index is 13.9. The number of rotatable bonds is 9. The molecular formula is C32H38N4O5S. The molecule has 0 unspecified atom stereocenters. The van der Waals surface area contributed by atoms with Crippen LogP contribution in [0.25, 0.3) is 0 Å². The number of aliphatic hydroxyl groups is 1. The highest BCUT2D eigenvalue weighted by Gasteiger charge is 2.49. The van der Waals surface area contributed by atoms with E-state index < -0.39 is 34.7 Å². The van der Waals surface area contributed by atoms with Gasteiger partial charge in [-0.15, -0.1) is 11.8 Å². The normalized spacial score (nSPS) is 17.4. The SMILES string of the molecule is Cc1c(N)cccc1CNC(=O)[C@H]1N(C(=O)[C@@H](O)[C@H](Cc2ccccc2)NC(=O)c2cccc(O)c2C)CSC1(C)C. The van der Waals surface area contributed by atoms with Crippen LogP contribution in [0.3, 0.4) is 0 Å². The second kappa shape index (κ2) is 12.9. The number of aliphatic hydroxyl groups excluding tert-OH is 1. The fourth-order valence-corrected chi connectivity index (χ4v) is 6.29. The first-order valence-corrected chi connectivity index (χ1v) is 14.8. The number of aromatic hydroxyl groups is 1. The van der Waals surface area contributed by atoms with Gasteiger partial charge in [0.2, 0.25) is 5.91 Å². The molecule has 222 valence electrons. The smallest absolute Gasteiger partial charge is 0.254 e. The lowest BCUT2D eigenvalue weighted by atomic mass is 9.96. The summed E-state index contributed by atoms with van der Waals surface area (Å²) in [6, 6.07) is 17.5. The van der Waals surface area contributed by atoms with Crippen molar-refractivity contribution in [2.75, 3.05) is 11.6 Å². The van der Waals surface area contributed by atoms with Crippen LogP contribution >= 0.6 is 11.8 Å². The van der Waals surface area contributed by atoms with Crippen LogP contribution in [0.4, 0.5) is 5.69 Å². The molecule has 10 heteroatoms. The highest BCUT2D eigenvalue weighted by molar-refractivity contribution is 8.00. The summed E-state index contributed by atoms with van der Waals surface area (Å²) in [6.45, 7) is 7.53. The lowest BCUT2D eigenvalue weighted by Crippen LogP contribution is -2.58. The molecule has 4 rings (SSSR count). The van der Waals surface area contributed by atoms with E-state index in [2.05, 4.69) is 10.6 Å². The molecule has 0 radical (unpaired) electrons. The van der Waals surface area contributed by atoms with E-state index in [0.717, 1.165) is 16.7 Å². The predicted molar refractivity (Wildman–Crippen MR) is 165 cm³/mol. The summed E-state index contributed by atoms with van der Waals surface area (Å²) in [5.41, 5.74) is 9.83. The van der Waals surface area contributed by atoms with E-state index in [9.17, 15) is 24.6 Å². The van der Waals surface area contributed by atoms with E-state index in [4.69, 9.17) is 5.73 Å². The number of phenolic OH excluding ortho intramolecular Hbond substituents is 1. The summed E-state index contributed by atoms with van der Waals surface area (Å²) in [7, 11) is 0. The zero-order valence-corrected chi connectivity index (χ0v) is 25.1. The minimum atomic E-state index is -1.63. The number of benzene rings is 3. The molecule has 0 saturated carbocycles. The number of nitrogens with one attached hydrogen (secondary N) is 2. The Hall–Kier alpha value is -4.02. The lowest BCUT2D eigenvalue weighted by Gasteiger charge is -2.33. The Morgan fingerprint density at radius 1 is 1.02 bits per heavy atom. The van der Waals surface area contributed by atoms with Gasteiger partial charge in [0.25, 0.3) is 11.8 Å². The fraction of sp³-hybridized carbons (Fsp3) is 0.344. The third kappa shape index (κ3) is 6.71. The molecule has 9 nitrogen and oxygen atoms in total. The molecule has 1 fully saturated rings. The first kappa shape index (κ1) is 30.9. The van der Waals surface area contributed by atoms with Gasteiger partial charge in [0, 0.05) is 28.1 Å². The van der Waals surface area contributed by atoms with E-state index in [-0.39, 0.29) is 36.1 Å². The van der Waals surface area contributed by atoms with Crippen molar-refractivity contribution in [3.63, 3.8) is 0 Å². The van der Waals surface area contributed by atoms with Gasteiger partial charge in [0.05, 0.1) is 11.9 Å². The molecule has 1 aliphatic heterocycles. The van der Waals surface area contributed by atoms with Crippen molar-refractivity contribution in [2.45, 2.75) is 63.6 Å². The molecule has 3 amide bonds. The first-order chi connectivity index (χ1) is 19.9. The molecule has 0 aliphatic carbocycles. The molecule has 1 heterocycles. The van der Waals surface area contributed by atoms with E-state index in [0.29, 0.717) is 11.3 Å². The predicted octanol–water partition coefficient (Wildman–Crippen LogP) is 3.29. The molecule has 1 aliphatic rings. The lowest BCUT2D eigenvalue weighted by molar-refractivity contribution is -0.147. The van der Waals surface area contributed by atoms with Gasteiger partial charge in [0.15, 0.2) is 6.10 Å². The van der Waals surface area contributed by atoms with E-state index >= 15 is 0 Å². The van der Waals surface area contributed by atoms with Gasteiger partial charge in [-0.1, -0.05) is 48.5 Å². The number of hydrogen-bond acceptors (Lipinski definition) is 7. The second-order valence-electron chi connectivity index (χ2n) is 11.1. The van der Waals surface area contributed by atoms with Crippen molar-refractivity contribution in [3.05, 3.63) is 94.5 Å². The van der Waals surface area contributed by atoms with E-state index in [1.807, 2.05) is 63.2 Å². The van der Waals surface area contributed by atoms with Crippen molar-refractivity contribution in [3.8, 4) is 5.75 Å². The maximum atomic E-state index is 13.9. The summed E-state index contributed by atoms with van der Waals surface area (Å²) >= 11 is 1.45. The summed E-state index contributed by atoms with van der Waals surface area (Å²) in [4.78, 5) is 42.1. The highest BCUT2D eigenvalue weighted by Crippen LogP contribution is 2.40. The van der Waals surface area contributed by atoms with Crippen molar-refractivity contribution >= 4 is 35.2 Å². The number of nitrogens with two attached hydrogens (primary N) is 1. The largest absolute Gasteiger partial charge is 0.508 e. The van der Waals surface area contributed by atoms with Gasteiger partial charge in [-0.25, -0.2) is 0 Å². The van der Waals surface area contributed by atoms with Crippen LogP contribution in [0.15, 0.2) is 66.7 Å². The number of anilines is 1. The van der Waals surface area contributed by atoms with Gasteiger partial charge in [-0.05, 0) is 69.0 Å². The zero-order valence-electron chi connectivity index (χ0n) is 24.3. The number of amides is 3. The second-order valence-corrected chi connectivity index (χ2v) is 12.7. The number of hydrogen-bond donors (Lipinski definition) is 5. The zero-order chi connectivity index (χ0) is 30.6. The average Bonchev–Trinajstić information content (AvgIpc) is 3.29. The molecule has 6 N–H and O–H groups in total. The van der Waals surface area contributed by atoms with Crippen LogP contribution in [0.2, 0.25) is 0 Å². The Labute approximate surface area is 250 Å². The Balaban J connectivity index is 1.56. The molecule has 3 aromatic carbocycles. The molecule has 0 aromatic heterocycles. The van der Waals surface area contributed by atoms with Gasteiger partial charge in [-0.2, -0.15) is 0 Å². The summed E-state index contributed by atoms with van der Waals surface area (Å²) in [6.07, 6.45) is -1.46. The van der Waals surface area contributed by atoms with Crippen molar-refractivity contribution in [2.24, 2.45) is 0 Å². The summed E-state index contributed by atoms with van der Waals surface area (Å²) < 4.78 is -0.624. The molecular weight excluding hydrogens is 552 g/mol. The Bertz CT molecular complexity index is 1460. The number of nitrogen functional groups attached to an aromatic ring is 1. The van der Waals surface area contributed by atoms with Crippen LogP contribution in [0.5, 0.6) is 5.75 Å². The topological polar surface area (TPSA) is 145 Å². The average molecular weight is 591 g/mol. The monoisotopic (exact) mass is 590 g/mol. The molecule has 3 aromatic rings. The van der Waals surface area contributed by atoms with Gasteiger partial charge >= 0.3 is 0 Å². The Kier molecular flexibility index (Phi) is 9.48. The van der Waals surface area contributed by atoms with Crippen LogP contribution in [0, 0.1) is 13.8 Å². The van der Waals surface area contributed by atoms with Gasteiger partial charge in [0.1, 0.15) is 11.8 Å². The van der Waals surface area contributed by atoms with Crippen LogP contribution in [0.1, 0.15) is 46.5 Å². The fourth-order valence-electron chi connectivity index (χ4n) is 5.15. The van der Waals surface area contributed by atoms with Crippen molar-refractivity contribution in [1.29, 1.82) is 0 Å². The third-order valence-corrected chi connectivity index (χ3v) is 9.19. The Morgan fingerprint density at radius 2 is 1.71 bits per heavy atom. The quantitative estimate of drug-likeness (QED) is 0.241. The van der Waals surface area contributed by atoms with Crippen molar-refractivity contribution < 1.29 is 24.6 Å². The Morgan fingerprint density at radius 3 is 2.43 bits per heavy atom. The standard InChI is InChI=1S/C32H38N4O5S/c1-19-22(12-8-14-24(19)33)17-34-30(40)28-32(3,4)42-18-36(28)31(41)27(38)25(16-21-10-6-5-7-11-21)35-29(39)23-13-9-15-26(37)20(23)2/h5-15,25,27-28,37-38H,16-18,33H2,1-4H3,(H,34,40)(H,35,39)/t25-,27-,28+/m0/s1. The van der Waals surface area contributed by atoms with E-state index in [1.54, 1.807) is 25.1 Å². The van der Waals surface area contributed by atoms with E-state index in [1.165, 1.54) is 22.7 Å². The number of thioether (sulfide) groups is 1. The molecule has 42 heavy (non-hydrogen) atoms. The number of nitrogens with zero attached hydrogens (tertiary/aromatic N) is 1.